The Morgan fingerprint density at radius 3 is 2.67 bits per heavy atom. The van der Waals surface area contributed by atoms with E-state index in [0.717, 1.165) is 6.07 Å². The molecule has 0 aliphatic carbocycles. The van der Waals surface area contributed by atoms with E-state index < -0.39 is 15.8 Å². The van der Waals surface area contributed by atoms with Gasteiger partial charge in [0.25, 0.3) is 0 Å². The summed E-state index contributed by atoms with van der Waals surface area (Å²) in [6.45, 7) is 0.180. The van der Waals surface area contributed by atoms with Crippen LogP contribution in [-0.2, 0) is 16.6 Å². The van der Waals surface area contributed by atoms with Crippen LogP contribution in [0.15, 0.2) is 35.4 Å². The van der Waals surface area contributed by atoms with Gasteiger partial charge in [0.15, 0.2) is 0 Å². The van der Waals surface area contributed by atoms with Gasteiger partial charge in [-0.3, -0.25) is 0 Å². The topological polar surface area (TPSA) is 88.3 Å². The Morgan fingerprint density at radius 2 is 2.05 bits per heavy atom. The zero-order chi connectivity index (χ0) is 15.0. The molecule has 0 atom stereocenters. The maximum absolute atomic E-state index is 13.6. The van der Waals surface area contributed by atoms with Crippen LogP contribution in [0.2, 0.25) is 0 Å². The molecule has 1 aliphatic rings. The summed E-state index contributed by atoms with van der Waals surface area (Å²) in [6.07, 6.45) is 1.57. The molecular weight excluding hydrogens is 299 g/mol. The third kappa shape index (κ3) is 2.43. The Hall–Kier alpha value is -1.84. The van der Waals surface area contributed by atoms with Gasteiger partial charge in [-0.2, -0.15) is 4.31 Å². The molecule has 7 nitrogen and oxygen atoms in total. The van der Waals surface area contributed by atoms with Gasteiger partial charge in [0, 0.05) is 13.1 Å². The SMILES string of the molecule is O=S(=O)(c1ccccc1F)N1CC(n2cc(CO)nn2)C1. The quantitative estimate of drug-likeness (QED) is 0.868. The van der Waals surface area contributed by atoms with Crippen LogP contribution in [-0.4, -0.2) is 45.9 Å². The molecular formula is C12H13FN4O3S. The van der Waals surface area contributed by atoms with Gasteiger partial charge in [0.05, 0.1) is 18.8 Å². The summed E-state index contributed by atoms with van der Waals surface area (Å²) in [5, 5.41) is 16.5. The summed E-state index contributed by atoms with van der Waals surface area (Å²) in [7, 11) is -3.83. The highest BCUT2D eigenvalue weighted by Gasteiger charge is 2.39. The molecule has 0 bridgehead atoms. The van der Waals surface area contributed by atoms with Crippen LogP contribution in [0.3, 0.4) is 0 Å². The number of nitrogens with zero attached hydrogens (tertiary/aromatic N) is 4. The van der Waals surface area contributed by atoms with Gasteiger partial charge >= 0.3 is 0 Å². The Bertz CT molecular complexity index is 755. The van der Waals surface area contributed by atoms with Gasteiger partial charge in [0.1, 0.15) is 16.4 Å². The van der Waals surface area contributed by atoms with Crippen molar-refractivity contribution in [1.82, 2.24) is 19.3 Å². The lowest BCUT2D eigenvalue weighted by Gasteiger charge is -2.37. The summed E-state index contributed by atoms with van der Waals surface area (Å²) in [6, 6.07) is 5.14. The maximum atomic E-state index is 13.6. The van der Waals surface area contributed by atoms with Crippen LogP contribution in [0.4, 0.5) is 4.39 Å². The fraction of sp³-hybridized carbons (Fsp3) is 0.333. The van der Waals surface area contributed by atoms with E-state index in [1.807, 2.05) is 0 Å². The number of aliphatic hydroxyl groups excluding tert-OH is 1. The van der Waals surface area contributed by atoms with Crippen molar-refractivity contribution in [3.63, 3.8) is 0 Å². The Morgan fingerprint density at radius 1 is 1.33 bits per heavy atom. The second kappa shape index (κ2) is 5.17. The smallest absolute Gasteiger partial charge is 0.246 e. The van der Waals surface area contributed by atoms with Crippen molar-refractivity contribution >= 4 is 10.0 Å². The average Bonchev–Trinajstić information content (AvgIpc) is 2.85. The normalized spacial score (nSPS) is 16.9. The first kappa shape index (κ1) is 14.1. The van der Waals surface area contributed by atoms with Gasteiger partial charge in [-0.1, -0.05) is 17.3 Å². The second-order valence-corrected chi connectivity index (χ2v) is 6.66. The Balaban J connectivity index is 1.75. The molecule has 1 saturated heterocycles. The molecule has 2 aromatic rings. The van der Waals surface area contributed by atoms with Crippen LogP contribution in [0, 0.1) is 5.82 Å². The number of sulfonamides is 1. The molecule has 1 aliphatic heterocycles. The first-order chi connectivity index (χ1) is 10.0. The first-order valence-electron chi connectivity index (χ1n) is 6.28. The van der Waals surface area contributed by atoms with Gasteiger partial charge in [-0.25, -0.2) is 17.5 Å². The van der Waals surface area contributed by atoms with E-state index in [1.165, 1.54) is 27.2 Å². The molecule has 1 fully saturated rings. The van der Waals surface area contributed by atoms with E-state index in [0.29, 0.717) is 5.69 Å². The maximum Gasteiger partial charge on any atom is 0.246 e. The molecule has 0 saturated carbocycles. The van der Waals surface area contributed by atoms with Crippen molar-refractivity contribution < 1.29 is 17.9 Å². The van der Waals surface area contributed by atoms with Gasteiger partial charge in [-0.15, -0.1) is 5.10 Å². The Labute approximate surface area is 120 Å². The van der Waals surface area contributed by atoms with E-state index in [1.54, 1.807) is 6.20 Å². The van der Waals surface area contributed by atoms with Crippen LogP contribution in [0.5, 0.6) is 0 Å². The monoisotopic (exact) mass is 312 g/mol. The van der Waals surface area contributed by atoms with E-state index in [4.69, 9.17) is 5.11 Å². The zero-order valence-corrected chi connectivity index (χ0v) is 11.7. The summed E-state index contributed by atoms with van der Waals surface area (Å²) in [5.74, 6) is -0.760. The molecule has 0 unspecified atom stereocenters. The molecule has 21 heavy (non-hydrogen) atoms. The fourth-order valence-electron chi connectivity index (χ4n) is 2.14. The first-order valence-corrected chi connectivity index (χ1v) is 7.72. The van der Waals surface area contributed by atoms with Crippen molar-refractivity contribution in [3.8, 4) is 0 Å². The predicted octanol–water partition coefficient (Wildman–Crippen LogP) is 0.155. The standard InChI is InChI=1S/C12H13FN4O3S/c13-11-3-1-2-4-12(11)21(19,20)16-6-10(7-16)17-5-9(8-18)14-15-17/h1-5,10,18H,6-8H2. The van der Waals surface area contributed by atoms with Gasteiger partial charge in [-0.05, 0) is 12.1 Å². The lowest BCUT2D eigenvalue weighted by atomic mass is 10.2. The minimum absolute atomic E-state index is 0.153. The van der Waals surface area contributed by atoms with Crippen molar-refractivity contribution in [3.05, 3.63) is 42.0 Å². The largest absolute Gasteiger partial charge is 0.390 e. The molecule has 0 spiro atoms. The minimum atomic E-state index is -3.83. The van der Waals surface area contributed by atoms with Crippen LogP contribution < -0.4 is 0 Å². The van der Waals surface area contributed by atoms with Crippen LogP contribution in [0.1, 0.15) is 11.7 Å². The molecule has 2 heterocycles. The van der Waals surface area contributed by atoms with Crippen LogP contribution in [0.25, 0.3) is 0 Å². The number of aromatic nitrogens is 3. The molecule has 3 rings (SSSR count). The van der Waals surface area contributed by atoms with Crippen molar-refractivity contribution in [2.45, 2.75) is 17.5 Å². The summed E-state index contributed by atoms with van der Waals surface area (Å²) >= 11 is 0. The van der Waals surface area contributed by atoms with Crippen molar-refractivity contribution in [2.75, 3.05) is 13.1 Å². The molecule has 1 aromatic carbocycles. The fourth-order valence-corrected chi connectivity index (χ4v) is 3.72. The molecule has 1 N–H and O–H groups in total. The summed E-state index contributed by atoms with van der Waals surface area (Å²) < 4.78 is 40.9. The van der Waals surface area contributed by atoms with Crippen molar-refractivity contribution in [2.24, 2.45) is 0 Å². The van der Waals surface area contributed by atoms with E-state index in [-0.39, 0.29) is 30.6 Å². The predicted molar refractivity (Wildman–Crippen MR) is 70.1 cm³/mol. The summed E-state index contributed by atoms with van der Waals surface area (Å²) in [4.78, 5) is -0.321. The second-order valence-electron chi connectivity index (χ2n) is 4.75. The van der Waals surface area contributed by atoms with Gasteiger partial charge in [0.2, 0.25) is 10.0 Å². The molecule has 1 aromatic heterocycles. The lowest BCUT2D eigenvalue weighted by Crippen LogP contribution is -2.50. The third-order valence-corrected chi connectivity index (χ3v) is 5.24. The number of benzene rings is 1. The number of hydrogen-bond acceptors (Lipinski definition) is 5. The number of aliphatic hydroxyl groups is 1. The van der Waals surface area contributed by atoms with Crippen LogP contribution >= 0.6 is 0 Å². The highest BCUT2D eigenvalue weighted by molar-refractivity contribution is 7.89. The molecule has 0 amide bonds. The van der Waals surface area contributed by atoms with E-state index in [9.17, 15) is 12.8 Å². The van der Waals surface area contributed by atoms with E-state index >= 15 is 0 Å². The highest BCUT2D eigenvalue weighted by atomic mass is 32.2. The molecule has 112 valence electrons. The number of hydrogen-bond donors (Lipinski definition) is 1. The zero-order valence-electron chi connectivity index (χ0n) is 10.9. The third-order valence-electron chi connectivity index (χ3n) is 3.38. The van der Waals surface area contributed by atoms with Gasteiger partial charge < -0.3 is 5.11 Å². The number of rotatable bonds is 4. The minimum Gasteiger partial charge on any atom is -0.390 e. The average molecular weight is 312 g/mol. The number of halogens is 1. The van der Waals surface area contributed by atoms with E-state index in [2.05, 4.69) is 10.3 Å². The lowest BCUT2D eigenvalue weighted by molar-refractivity contribution is 0.188. The highest BCUT2D eigenvalue weighted by Crippen LogP contribution is 2.28. The molecule has 9 heteroatoms. The molecule has 0 radical (unpaired) electrons. The Kier molecular flexibility index (Phi) is 3.47. The summed E-state index contributed by atoms with van der Waals surface area (Å²) in [5.41, 5.74) is 0.422. The van der Waals surface area contributed by atoms with Crippen molar-refractivity contribution in [1.29, 1.82) is 0 Å².